The van der Waals surface area contributed by atoms with Gasteiger partial charge in [-0.3, -0.25) is 4.79 Å². The van der Waals surface area contributed by atoms with Gasteiger partial charge < -0.3 is 4.90 Å². The second-order valence-corrected chi connectivity index (χ2v) is 2.69. The Morgan fingerprint density at radius 1 is 1.40 bits per heavy atom. The zero-order chi connectivity index (χ0) is 7.40. The van der Waals surface area contributed by atoms with Crippen LogP contribution in [0.15, 0.2) is 0 Å². The molecule has 1 saturated heterocycles. The Hall–Kier alpha value is -0.530. The van der Waals surface area contributed by atoms with Crippen LogP contribution in [0.2, 0.25) is 0 Å². The van der Waals surface area contributed by atoms with Crippen molar-refractivity contribution in [3.05, 3.63) is 6.92 Å². The average Bonchev–Trinajstić information content (AvgIpc) is 2.38. The van der Waals surface area contributed by atoms with Crippen molar-refractivity contribution < 1.29 is 4.79 Å². The van der Waals surface area contributed by atoms with Crippen LogP contribution in [0, 0.1) is 6.92 Å². The molecule has 10 heavy (non-hydrogen) atoms. The van der Waals surface area contributed by atoms with Crippen LogP contribution in [0.5, 0.6) is 0 Å². The fourth-order valence-electron chi connectivity index (χ4n) is 1.28. The van der Waals surface area contributed by atoms with Crippen LogP contribution in [-0.2, 0) is 4.79 Å². The molecule has 0 N–H and O–H groups in total. The summed E-state index contributed by atoms with van der Waals surface area (Å²) < 4.78 is 0. The lowest BCUT2D eigenvalue weighted by molar-refractivity contribution is -0.130. The standard InChI is InChI=1S/C8H14NO/c1-2-5-8(10)9-6-3-4-7-9/h1-7H2. The molecule has 0 atom stereocenters. The van der Waals surface area contributed by atoms with Gasteiger partial charge in [0.15, 0.2) is 0 Å². The minimum atomic E-state index is 0.285. The van der Waals surface area contributed by atoms with Crippen molar-refractivity contribution in [2.75, 3.05) is 13.1 Å². The number of carbonyl (C=O) groups is 1. The van der Waals surface area contributed by atoms with Crippen LogP contribution in [0.1, 0.15) is 25.7 Å². The number of likely N-dealkylation sites (tertiary alicyclic amines) is 1. The largest absolute Gasteiger partial charge is 0.343 e. The number of hydrogen-bond donors (Lipinski definition) is 0. The highest BCUT2D eigenvalue weighted by atomic mass is 16.2. The third kappa shape index (κ3) is 1.72. The number of nitrogens with zero attached hydrogens (tertiary/aromatic N) is 1. The molecule has 1 heterocycles. The van der Waals surface area contributed by atoms with Gasteiger partial charge in [0, 0.05) is 19.5 Å². The number of amides is 1. The molecule has 0 saturated carbocycles. The van der Waals surface area contributed by atoms with Crippen molar-refractivity contribution in [2.45, 2.75) is 25.7 Å². The maximum Gasteiger partial charge on any atom is 0.222 e. The molecule has 0 aromatic carbocycles. The van der Waals surface area contributed by atoms with Gasteiger partial charge >= 0.3 is 0 Å². The highest BCUT2D eigenvalue weighted by Gasteiger charge is 2.15. The van der Waals surface area contributed by atoms with Gasteiger partial charge in [-0.05, 0) is 19.3 Å². The van der Waals surface area contributed by atoms with Gasteiger partial charge in [-0.15, -0.1) is 0 Å². The van der Waals surface area contributed by atoms with E-state index in [9.17, 15) is 4.79 Å². The predicted molar refractivity (Wildman–Crippen MR) is 40.4 cm³/mol. The molecule has 1 aliphatic rings. The normalized spacial score (nSPS) is 17.9. The molecule has 1 amide bonds. The van der Waals surface area contributed by atoms with Crippen LogP contribution >= 0.6 is 0 Å². The van der Waals surface area contributed by atoms with Crippen molar-refractivity contribution in [2.24, 2.45) is 0 Å². The van der Waals surface area contributed by atoms with E-state index in [1.165, 1.54) is 12.8 Å². The quantitative estimate of drug-likeness (QED) is 0.564. The van der Waals surface area contributed by atoms with Crippen molar-refractivity contribution >= 4 is 5.91 Å². The monoisotopic (exact) mass is 140 g/mol. The van der Waals surface area contributed by atoms with E-state index in [1.807, 2.05) is 4.90 Å². The Morgan fingerprint density at radius 2 is 2.00 bits per heavy atom. The Balaban J connectivity index is 2.25. The molecule has 0 aromatic heterocycles. The van der Waals surface area contributed by atoms with Crippen LogP contribution in [-0.4, -0.2) is 23.9 Å². The second-order valence-electron chi connectivity index (χ2n) is 2.69. The molecule has 2 heteroatoms. The summed E-state index contributed by atoms with van der Waals surface area (Å²) >= 11 is 0. The summed E-state index contributed by atoms with van der Waals surface area (Å²) in [6.45, 7) is 5.59. The lowest BCUT2D eigenvalue weighted by Gasteiger charge is -2.13. The van der Waals surface area contributed by atoms with E-state index < -0.39 is 0 Å². The fourth-order valence-corrected chi connectivity index (χ4v) is 1.28. The fraction of sp³-hybridized carbons (Fsp3) is 0.750. The zero-order valence-electron chi connectivity index (χ0n) is 6.31. The Morgan fingerprint density at radius 3 is 2.50 bits per heavy atom. The van der Waals surface area contributed by atoms with Gasteiger partial charge in [0.05, 0.1) is 0 Å². The van der Waals surface area contributed by atoms with Crippen molar-refractivity contribution in [1.82, 2.24) is 4.90 Å². The van der Waals surface area contributed by atoms with E-state index in [-0.39, 0.29) is 5.91 Å². The van der Waals surface area contributed by atoms with Crippen LogP contribution in [0.3, 0.4) is 0 Å². The molecular weight excluding hydrogens is 126 g/mol. The molecule has 2 nitrogen and oxygen atoms in total. The first kappa shape index (κ1) is 7.58. The molecule has 1 rings (SSSR count). The van der Waals surface area contributed by atoms with Crippen molar-refractivity contribution in [3.63, 3.8) is 0 Å². The maximum atomic E-state index is 11.1. The molecule has 1 radical (unpaired) electrons. The molecule has 0 spiro atoms. The summed E-state index contributed by atoms with van der Waals surface area (Å²) in [7, 11) is 0. The summed E-state index contributed by atoms with van der Waals surface area (Å²) in [5, 5.41) is 0. The molecule has 0 aromatic rings. The number of rotatable bonds is 2. The summed E-state index contributed by atoms with van der Waals surface area (Å²) in [5.41, 5.74) is 0. The van der Waals surface area contributed by atoms with Crippen LogP contribution in [0.4, 0.5) is 0 Å². The number of carbonyl (C=O) groups excluding carboxylic acids is 1. The second kappa shape index (κ2) is 3.59. The lowest BCUT2D eigenvalue weighted by atomic mass is 10.3. The van der Waals surface area contributed by atoms with E-state index in [0.717, 1.165) is 19.5 Å². The third-order valence-electron chi connectivity index (χ3n) is 1.85. The van der Waals surface area contributed by atoms with E-state index in [2.05, 4.69) is 6.92 Å². The first-order valence-electron chi connectivity index (χ1n) is 3.91. The van der Waals surface area contributed by atoms with Gasteiger partial charge in [-0.25, -0.2) is 0 Å². The van der Waals surface area contributed by atoms with Gasteiger partial charge in [0.1, 0.15) is 0 Å². The summed E-state index contributed by atoms with van der Waals surface area (Å²) in [6.07, 6.45) is 3.72. The molecule has 0 bridgehead atoms. The summed E-state index contributed by atoms with van der Waals surface area (Å²) in [6, 6.07) is 0. The van der Waals surface area contributed by atoms with Gasteiger partial charge in [0.25, 0.3) is 0 Å². The number of hydrogen-bond acceptors (Lipinski definition) is 1. The van der Waals surface area contributed by atoms with E-state index in [4.69, 9.17) is 0 Å². The Kier molecular flexibility index (Phi) is 2.72. The van der Waals surface area contributed by atoms with E-state index >= 15 is 0 Å². The van der Waals surface area contributed by atoms with Crippen molar-refractivity contribution in [1.29, 1.82) is 0 Å². The molecule has 0 aliphatic carbocycles. The van der Waals surface area contributed by atoms with E-state index in [0.29, 0.717) is 6.42 Å². The summed E-state index contributed by atoms with van der Waals surface area (Å²) in [4.78, 5) is 13.1. The first-order valence-corrected chi connectivity index (χ1v) is 3.91. The third-order valence-corrected chi connectivity index (χ3v) is 1.85. The summed E-state index contributed by atoms with van der Waals surface area (Å²) in [5.74, 6) is 0.285. The molecule has 1 aliphatic heterocycles. The van der Waals surface area contributed by atoms with Crippen LogP contribution in [0.25, 0.3) is 0 Å². The van der Waals surface area contributed by atoms with Crippen LogP contribution < -0.4 is 0 Å². The lowest BCUT2D eigenvalue weighted by Crippen LogP contribution is -2.26. The van der Waals surface area contributed by atoms with Gasteiger partial charge in [0.2, 0.25) is 5.91 Å². The van der Waals surface area contributed by atoms with E-state index in [1.54, 1.807) is 0 Å². The SMILES string of the molecule is [CH2]CCC(=O)N1CCCC1. The topological polar surface area (TPSA) is 20.3 Å². The zero-order valence-corrected chi connectivity index (χ0v) is 6.31. The smallest absolute Gasteiger partial charge is 0.222 e. The minimum Gasteiger partial charge on any atom is -0.343 e. The highest BCUT2D eigenvalue weighted by molar-refractivity contribution is 5.76. The first-order chi connectivity index (χ1) is 4.84. The molecule has 1 fully saturated rings. The Labute approximate surface area is 62.2 Å². The van der Waals surface area contributed by atoms with Gasteiger partial charge in [-0.1, -0.05) is 6.92 Å². The Bertz CT molecular complexity index is 116. The average molecular weight is 140 g/mol. The minimum absolute atomic E-state index is 0.285. The maximum absolute atomic E-state index is 11.1. The van der Waals surface area contributed by atoms with Crippen molar-refractivity contribution in [3.8, 4) is 0 Å². The highest BCUT2D eigenvalue weighted by Crippen LogP contribution is 2.09. The molecule has 0 unspecified atom stereocenters. The molecule has 57 valence electrons. The predicted octanol–water partition coefficient (Wildman–Crippen LogP) is 1.22. The molecular formula is C8H14NO. The van der Waals surface area contributed by atoms with Gasteiger partial charge in [-0.2, -0.15) is 0 Å².